The molecule has 0 spiro atoms. The second-order valence-electron chi connectivity index (χ2n) is 3.66. The molecule has 0 atom stereocenters. The molecule has 88 valence electrons. The third-order valence-corrected chi connectivity index (χ3v) is 2.47. The van der Waals surface area contributed by atoms with Crippen LogP contribution in [-0.2, 0) is 13.6 Å². The van der Waals surface area contributed by atoms with Crippen LogP contribution in [-0.4, -0.2) is 15.5 Å². The van der Waals surface area contributed by atoms with Crippen LogP contribution >= 0.6 is 0 Å². The first-order chi connectivity index (χ1) is 8.16. The SMILES string of the molecule is Cn1cccc1CNC(=O)c1ccc(F)nc1. The molecule has 0 bridgehead atoms. The van der Waals surface area contributed by atoms with Crippen LogP contribution in [0, 0.1) is 5.95 Å². The van der Waals surface area contributed by atoms with Crippen molar-refractivity contribution < 1.29 is 9.18 Å². The van der Waals surface area contributed by atoms with Gasteiger partial charge in [0.05, 0.1) is 12.1 Å². The number of hydrogen-bond donors (Lipinski definition) is 1. The summed E-state index contributed by atoms with van der Waals surface area (Å²) in [5.74, 6) is -0.859. The van der Waals surface area contributed by atoms with Gasteiger partial charge in [-0.25, -0.2) is 4.98 Å². The maximum atomic E-state index is 12.6. The molecule has 1 N–H and O–H groups in total. The fraction of sp³-hybridized carbons (Fsp3) is 0.167. The monoisotopic (exact) mass is 233 g/mol. The Bertz CT molecular complexity index is 519. The van der Waals surface area contributed by atoms with Crippen molar-refractivity contribution in [3.05, 3.63) is 53.9 Å². The summed E-state index contributed by atoms with van der Waals surface area (Å²) >= 11 is 0. The molecule has 0 fully saturated rings. The normalized spacial score (nSPS) is 10.2. The van der Waals surface area contributed by atoms with Gasteiger partial charge >= 0.3 is 0 Å². The van der Waals surface area contributed by atoms with E-state index in [1.807, 2.05) is 29.9 Å². The van der Waals surface area contributed by atoms with Crippen molar-refractivity contribution in [1.29, 1.82) is 0 Å². The topological polar surface area (TPSA) is 46.9 Å². The second kappa shape index (κ2) is 4.78. The maximum absolute atomic E-state index is 12.6. The number of nitrogens with one attached hydrogen (secondary N) is 1. The lowest BCUT2D eigenvalue weighted by molar-refractivity contribution is 0.0949. The summed E-state index contributed by atoms with van der Waals surface area (Å²) in [6, 6.07) is 6.39. The van der Waals surface area contributed by atoms with Crippen LogP contribution in [0.4, 0.5) is 4.39 Å². The fourth-order valence-electron chi connectivity index (χ4n) is 1.46. The third kappa shape index (κ3) is 2.69. The van der Waals surface area contributed by atoms with Crippen molar-refractivity contribution in [3.8, 4) is 0 Å². The lowest BCUT2D eigenvalue weighted by Crippen LogP contribution is -2.24. The molecule has 17 heavy (non-hydrogen) atoms. The summed E-state index contributed by atoms with van der Waals surface area (Å²) in [5, 5.41) is 2.74. The second-order valence-corrected chi connectivity index (χ2v) is 3.66. The Morgan fingerprint density at radius 3 is 2.88 bits per heavy atom. The molecule has 0 saturated heterocycles. The van der Waals surface area contributed by atoms with E-state index >= 15 is 0 Å². The van der Waals surface area contributed by atoms with Gasteiger partial charge in [0.2, 0.25) is 5.95 Å². The minimum Gasteiger partial charge on any atom is -0.353 e. The summed E-state index contributed by atoms with van der Waals surface area (Å²) in [4.78, 5) is 15.1. The van der Waals surface area contributed by atoms with Crippen LogP contribution in [0.5, 0.6) is 0 Å². The molecule has 2 rings (SSSR count). The van der Waals surface area contributed by atoms with Gasteiger partial charge in [0.25, 0.3) is 5.91 Å². The first-order valence-corrected chi connectivity index (χ1v) is 5.17. The van der Waals surface area contributed by atoms with Crippen LogP contribution in [0.15, 0.2) is 36.7 Å². The predicted molar refractivity (Wildman–Crippen MR) is 60.8 cm³/mol. The van der Waals surface area contributed by atoms with E-state index < -0.39 is 5.95 Å². The molecule has 4 nitrogen and oxygen atoms in total. The minimum absolute atomic E-state index is 0.265. The number of halogens is 1. The van der Waals surface area contributed by atoms with Gasteiger partial charge in [-0.3, -0.25) is 4.79 Å². The Kier molecular flexibility index (Phi) is 3.18. The number of nitrogens with zero attached hydrogens (tertiary/aromatic N) is 2. The van der Waals surface area contributed by atoms with Crippen LogP contribution in [0.25, 0.3) is 0 Å². The summed E-state index contributed by atoms with van der Waals surface area (Å²) in [5.41, 5.74) is 1.34. The van der Waals surface area contributed by atoms with E-state index in [9.17, 15) is 9.18 Å². The summed E-state index contributed by atoms with van der Waals surface area (Å²) in [7, 11) is 1.90. The summed E-state index contributed by atoms with van der Waals surface area (Å²) < 4.78 is 14.5. The highest BCUT2D eigenvalue weighted by atomic mass is 19.1. The quantitative estimate of drug-likeness (QED) is 0.816. The molecule has 0 radical (unpaired) electrons. The van der Waals surface area contributed by atoms with Crippen molar-refractivity contribution >= 4 is 5.91 Å². The van der Waals surface area contributed by atoms with Crippen LogP contribution in [0.2, 0.25) is 0 Å². The average molecular weight is 233 g/mol. The van der Waals surface area contributed by atoms with Crippen molar-refractivity contribution in [2.75, 3.05) is 0 Å². The summed E-state index contributed by atoms with van der Waals surface area (Å²) in [6.07, 6.45) is 3.12. The van der Waals surface area contributed by atoms with Crippen LogP contribution in [0.3, 0.4) is 0 Å². The van der Waals surface area contributed by atoms with E-state index in [0.29, 0.717) is 12.1 Å². The first-order valence-electron chi connectivity index (χ1n) is 5.17. The molecular weight excluding hydrogens is 221 g/mol. The number of aromatic nitrogens is 2. The standard InChI is InChI=1S/C12H12FN3O/c1-16-6-2-3-10(16)8-15-12(17)9-4-5-11(13)14-7-9/h2-7H,8H2,1H3,(H,15,17). The predicted octanol–water partition coefficient (Wildman–Crippen LogP) is 1.49. The molecule has 1 amide bonds. The van der Waals surface area contributed by atoms with E-state index in [-0.39, 0.29) is 5.91 Å². The molecule has 2 aromatic heterocycles. The highest BCUT2D eigenvalue weighted by Gasteiger charge is 2.06. The molecule has 5 heteroatoms. The van der Waals surface area contributed by atoms with Crippen molar-refractivity contribution in [1.82, 2.24) is 14.9 Å². The Balaban J connectivity index is 1.98. The van der Waals surface area contributed by atoms with Gasteiger partial charge in [-0.15, -0.1) is 0 Å². The Morgan fingerprint density at radius 1 is 1.47 bits per heavy atom. The molecule has 0 aliphatic heterocycles. The molecule has 0 aliphatic carbocycles. The Labute approximate surface area is 98.1 Å². The van der Waals surface area contributed by atoms with Crippen LogP contribution < -0.4 is 5.32 Å². The van der Waals surface area contributed by atoms with Crippen molar-refractivity contribution in [2.45, 2.75) is 6.54 Å². The minimum atomic E-state index is -0.594. The molecule has 2 heterocycles. The number of pyridine rings is 1. The molecule has 0 saturated carbocycles. The van der Waals surface area contributed by atoms with Gasteiger partial charge in [0, 0.05) is 25.1 Å². The zero-order valence-corrected chi connectivity index (χ0v) is 9.35. The zero-order valence-electron chi connectivity index (χ0n) is 9.35. The van der Waals surface area contributed by atoms with Gasteiger partial charge in [-0.2, -0.15) is 4.39 Å². The number of carbonyl (C=O) groups is 1. The van der Waals surface area contributed by atoms with Gasteiger partial charge < -0.3 is 9.88 Å². The molecule has 0 unspecified atom stereocenters. The van der Waals surface area contributed by atoms with E-state index in [2.05, 4.69) is 10.3 Å². The first kappa shape index (κ1) is 11.3. The number of rotatable bonds is 3. The van der Waals surface area contributed by atoms with Gasteiger partial charge in [0.1, 0.15) is 0 Å². The highest BCUT2D eigenvalue weighted by Crippen LogP contribution is 2.02. The van der Waals surface area contributed by atoms with Gasteiger partial charge in [-0.05, 0) is 24.3 Å². The van der Waals surface area contributed by atoms with E-state index in [0.717, 1.165) is 11.8 Å². The largest absolute Gasteiger partial charge is 0.353 e. The van der Waals surface area contributed by atoms with E-state index in [1.165, 1.54) is 12.3 Å². The maximum Gasteiger partial charge on any atom is 0.253 e. The van der Waals surface area contributed by atoms with E-state index in [4.69, 9.17) is 0 Å². The number of hydrogen-bond acceptors (Lipinski definition) is 2. The average Bonchev–Trinajstić information content (AvgIpc) is 2.73. The smallest absolute Gasteiger partial charge is 0.253 e. The fourth-order valence-corrected chi connectivity index (χ4v) is 1.46. The molecule has 2 aromatic rings. The Morgan fingerprint density at radius 2 is 2.29 bits per heavy atom. The summed E-state index contributed by atoms with van der Waals surface area (Å²) in [6.45, 7) is 0.430. The molecule has 0 aliphatic rings. The van der Waals surface area contributed by atoms with Crippen LogP contribution in [0.1, 0.15) is 16.1 Å². The lowest BCUT2D eigenvalue weighted by atomic mass is 10.2. The number of amides is 1. The Hall–Kier alpha value is -2.17. The molecular formula is C12H12FN3O. The lowest BCUT2D eigenvalue weighted by Gasteiger charge is -2.06. The van der Waals surface area contributed by atoms with Gasteiger partial charge in [0.15, 0.2) is 0 Å². The van der Waals surface area contributed by atoms with E-state index in [1.54, 1.807) is 0 Å². The number of aryl methyl sites for hydroxylation is 1. The highest BCUT2D eigenvalue weighted by molar-refractivity contribution is 5.93. The van der Waals surface area contributed by atoms with Crippen molar-refractivity contribution in [3.63, 3.8) is 0 Å². The third-order valence-electron chi connectivity index (χ3n) is 2.47. The van der Waals surface area contributed by atoms with Gasteiger partial charge in [-0.1, -0.05) is 0 Å². The molecule has 0 aromatic carbocycles. The van der Waals surface area contributed by atoms with Crippen molar-refractivity contribution in [2.24, 2.45) is 7.05 Å². The number of carbonyl (C=O) groups excluding carboxylic acids is 1. The zero-order chi connectivity index (χ0) is 12.3.